The minimum absolute atomic E-state index is 0.263. The number of aromatic carboxylic acids is 1. The average Bonchev–Trinajstić information content (AvgIpc) is 2.40. The van der Waals surface area contributed by atoms with Gasteiger partial charge in [0, 0.05) is 5.69 Å². The zero-order valence-electron chi connectivity index (χ0n) is 11.4. The van der Waals surface area contributed by atoms with Gasteiger partial charge in [0.1, 0.15) is 11.3 Å². The summed E-state index contributed by atoms with van der Waals surface area (Å²) in [7, 11) is 0. The number of carboxylic acid groups (broad SMARTS) is 1. The van der Waals surface area contributed by atoms with Crippen molar-refractivity contribution in [3.8, 4) is 5.75 Å². The molecular weight excluding hydrogens is 262 g/mol. The Morgan fingerprint density at radius 2 is 2.00 bits per heavy atom. The van der Waals surface area contributed by atoms with Crippen LogP contribution >= 0.6 is 0 Å². The fraction of sp³-hybridized carbons (Fsp3) is 0.429. The topological polar surface area (TPSA) is 95.9 Å². The van der Waals surface area contributed by atoms with Crippen LogP contribution in [0.15, 0.2) is 18.2 Å². The van der Waals surface area contributed by atoms with Crippen molar-refractivity contribution in [3.05, 3.63) is 23.8 Å². The third kappa shape index (κ3) is 5.17. The highest BCUT2D eigenvalue weighted by atomic mass is 16.5. The molecule has 110 valence electrons. The van der Waals surface area contributed by atoms with E-state index in [1.807, 2.05) is 0 Å². The van der Waals surface area contributed by atoms with Gasteiger partial charge in [-0.25, -0.2) is 9.59 Å². The molecule has 1 rings (SSSR count). The van der Waals surface area contributed by atoms with Crippen molar-refractivity contribution < 1.29 is 24.5 Å². The lowest BCUT2D eigenvalue weighted by Crippen LogP contribution is -2.14. The van der Waals surface area contributed by atoms with Gasteiger partial charge in [0.05, 0.1) is 6.61 Å². The van der Waals surface area contributed by atoms with E-state index in [9.17, 15) is 14.7 Å². The van der Waals surface area contributed by atoms with Crippen LogP contribution in [-0.4, -0.2) is 28.9 Å². The second-order valence-corrected chi connectivity index (χ2v) is 4.36. The molecule has 1 aromatic carbocycles. The monoisotopic (exact) mass is 281 g/mol. The number of rotatable bonds is 7. The second-order valence-electron chi connectivity index (χ2n) is 4.36. The van der Waals surface area contributed by atoms with E-state index in [0.29, 0.717) is 6.61 Å². The van der Waals surface area contributed by atoms with Gasteiger partial charge in [-0.15, -0.1) is 0 Å². The number of nitrogens with one attached hydrogen (secondary N) is 1. The quantitative estimate of drug-likeness (QED) is 0.526. The lowest BCUT2D eigenvalue weighted by Gasteiger charge is -2.08. The first-order chi connectivity index (χ1) is 9.54. The van der Waals surface area contributed by atoms with Crippen molar-refractivity contribution in [2.75, 3.05) is 11.9 Å². The van der Waals surface area contributed by atoms with Gasteiger partial charge >= 0.3 is 12.1 Å². The zero-order chi connectivity index (χ0) is 15.0. The molecule has 6 nitrogen and oxygen atoms in total. The summed E-state index contributed by atoms with van der Waals surface area (Å²) < 4.78 is 4.96. The molecule has 20 heavy (non-hydrogen) atoms. The average molecular weight is 281 g/mol. The molecule has 0 aliphatic heterocycles. The first-order valence-electron chi connectivity index (χ1n) is 6.54. The van der Waals surface area contributed by atoms with E-state index in [1.165, 1.54) is 18.2 Å². The van der Waals surface area contributed by atoms with Crippen LogP contribution in [0, 0.1) is 0 Å². The Morgan fingerprint density at radius 3 is 2.65 bits per heavy atom. The number of hydrogen-bond acceptors (Lipinski definition) is 4. The Labute approximate surface area is 117 Å². The van der Waals surface area contributed by atoms with Crippen LogP contribution in [0.2, 0.25) is 0 Å². The Balaban J connectivity index is 2.46. The van der Waals surface area contributed by atoms with Crippen LogP contribution in [0.1, 0.15) is 43.0 Å². The number of benzene rings is 1. The number of carbonyl (C=O) groups excluding carboxylic acids is 1. The molecule has 0 radical (unpaired) electrons. The summed E-state index contributed by atoms with van der Waals surface area (Å²) in [6, 6.07) is 3.79. The highest BCUT2D eigenvalue weighted by Gasteiger charge is 2.11. The lowest BCUT2D eigenvalue weighted by molar-refractivity contribution is 0.0693. The molecule has 6 heteroatoms. The van der Waals surface area contributed by atoms with Gasteiger partial charge in [0.25, 0.3) is 0 Å². The molecule has 1 aromatic rings. The van der Waals surface area contributed by atoms with Crippen LogP contribution in [0.25, 0.3) is 0 Å². The summed E-state index contributed by atoms with van der Waals surface area (Å²) in [4.78, 5) is 22.3. The van der Waals surface area contributed by atoms with E-state index < -0.39 is 12.1 Å². The number of phenols is 1. The maximum atomic E-state index is 11.5. The van der Waals surface area contributed by atoms with E-state index >= 15 is 0 Å². The van der Waals surface area contributed by atoms with Gasteiger partial charge in [0.15, 0.2) is 0 Å². The SMILES string of the molecule is CCCCCCOC(=O)Nc1ccc(O)c(C(=O)O)c1. The summed E-state index contributed by atoms with van der Waals surface area (Å²) in [6.07, 6.45) is 3.38. The lowest BCUT2D eigenvalue weighted by atomic mass is 10.2. The first kappa shape index (κ1) is 15.8. The van der Waals surface area contributed by atoms with Crippen molar-refractivity contribution in [3.63, 3.8) is 0 Å². The molecule has 0 spiro atoms. The number of anilines is 1. The summed E-state index contributed by atoms with van der Waals surface area (Å²) in [5, 5.41) is 20.6. The van der Waals surface area contributed by atoms with E-state index in [0.717, 1.165) is 25.7 Å². The number of hydrogen-bond donors (Lipinski definition) is 3. The second kappa shape index (κ2) is 8.04. The Bertz CT molecular complexity index is 473. The molecule has 0 fully saturated rings. The van der Waals surface area contributed by atoms with Gasteiger partial charge in [-0.1, -0.05) is 26.2 Å². The van der Waals surface area contributed by atoms with Crippen LogP contribution in [0.3, 0.4) is 0 Å². The van der Waals surface area contributed by atoms with Crippen molar-refractivity contribution in [2.45, 2.75) is 32.6 Å². The highest BCUT2D eigenvalue weighted by Crippen LogP contribution is 2.21. The van der Waals surface area contributed by atoms with Crippen LogP contribution in [0.4, 0.5) is 10.5 Å². The molecule has 3 N–H and O–H groups in total. The summed E-state index contributed by atoms with van der Waals surface area (Å²) >= 11 is 0. The molecule has 0 unspecified atom stereocenters. The predicted molar refractivity (Wildman–Crippen MR) is 74.2 cm³/mol. The number of ether oxygens (including phenoxy) is 1. The third-order valence-electron chi connectivity index (χ3n) is 2.70. The largest absolute Gasteiger partial charge is 0.507 e. The predicted octanol–water partition coefficient (Wildman–Crippen LogP) is 3.22. The standard InChI is InChI=1S/C14H19NO5/c1-2-3-4-5-8-20-14(19)15-10-6-7-12(16)11(9-10)13(17)18/h6-7,9,16H,2-5,8H2,1H3,(H,15,19)(H,17,18). The van der Waals surface area contributed by atoms with Gasteiger partial charge in [0.2, 0.25) is 0 Å². The minimum atomic E-state index is -1.26. The highest BCUT2D eigenvalue weighted by molar-refractivity contribution is 5.93. The van der Waals surface area contributed by atoms with Crippen molar-refractivity contribution >= 4 is 17.7 Å². The van der Waals surface area contributed by atoms with Crippen LogP contribution in [-0.2, 0) is 4.74 Å². The third-order valence-corrected chi connectivity index (χ3v) is 2.70. The van der Waals surface area contributed by atoms with E-state index in [4.69, 9.17) is 9.84 Å². The fourth-order valence-corrected chi connectivity index (χ4v) is 1.63. The zero-order valence-corrected chi connectivity index (χ0v) is 11.4. The van der Waals surface area contributed by atoms with Gasteiger partial charge in [-0.05, 0) is 24.6 Å². The van der Waals surface area contributed by atoms with Gasteiger partial charge in [-0.3, -0.25) is 5.32 Å². The minimum Gasteiger partial charge on any atom is -0.507 e. The summed E-state index contributed by atoms with van der Waals surface area (Å²) in [5.74, 6) is -1.62. The maximum absolute atomic E-state index is 11.5. The number of amides is 1. The molecule has 0 saturated heterocycles. The number of carboxylic acids is 1. The molecule has 1 amide bonds. The molecule has 0 atom stereocenters. The molecule has 0 aromatic heterocycles. The van der Waals surface area contributed by atoms with E-state index in [-0.39, 0.29) is 17.0 Å². The van der Waals surface area contributed by atoms with Crippen LogP contribution < -0.4 is 5.32 Å². The molecule has 0 aliphatic rings. The summed E-state index contributed by atoms with van der Waals surface area (Å²) in [6.45, 7) is 2.42. The van der Waals surface area contributed by atoms with Crippen molar-refractivity contribution in [2.24, 2.45) is 0 Å². The van der Waals surface area contributed by atoms with Gasteiger partial charge in [-0.2, -0.15) is 0 Å². The van der Waals surface area contributed by atoms with Gasteiger partial charge < -0.3 is 14.9 Å². The Kier molecular flexibility index (Phi) is 6.36. The number of carbonyl (C=O) groups is 2. The first-order valence-corrected chi connectivity index (χ1v) is 6.54. The van der Waals surface area contributed by atoms with Crippen molar-refractivity contribution in [1.29, 1.82) is 0 Å². The number of aromatic hydroxyl groups is 1. The van der Waals surface area contributed by atoms with Crippen molar-refractivity contribution in [1.82, 2.24) is 0 Å². The smallest absolute Gasteiger partial charge is 0.411 e. The molecular formula is C14H19NO5. The fourth-order valence-electron chi connectivity index (χ4n) is 1.63. The Hall–Kier alpha value is -2.24. The summed E-state index contributed by atoms with van der Waals surface area (Å²) in [5.41, 5.74) is -0.00972. The number of unbranched alkanes of at least 4 members (excludes halogenated alkanes) is 3. The molecule has 0 bridgehead atoms. The van der Waals surface area contributed by atoms with Crippen LogP contribution in [0.5, 0.6) is 5.75 Å². The Morgan fingerprint density at radius 1 is 1.25 bits per heavy atom. The molecule has 0 aliphatic carbocycles. The maximum Gasteiger partial charge on any atom is 0.411 e. The van der Waals surface area contributed by atoms with E-state index in [2.05, 4.69) is 12.2 Å². The molecule has 0 saturated carbocycles. The molecule has 0 heterocycles. The normalized spacial score (nSPS) is 10.1. The van der Waals surface area contributed by atoms with E-state index in [1.54, 1.807) is 0 Å².